The van der Waals surface area contributed by atoms with Crippen molar-refractivity contribution in [1.29, 1.82) is 0 Å². The summed E-state index contributed by atoms with van der Waals surface area (Å²) in [7, 11) is 0. The highest BCUT2D eigenvalue weighted by Gasteiger charge is 2.32. The molecule has 2 aliphatic heterocycles. The van der Waals surface area contributed by atoms with E-state index in [2.05, 4.69) is 17.9 Å². The summed E-state index contributed by atoms with van der Waals surface area (Å²) < 4.78 is 11.0. The van der Waals surface area contributed by atoms with Gasteiger partial charge in [-0.1, -0.05) is 30.3 Å². The fourth-order valence-electron chi connectivity index (χ4n) is 4.01. The highest BCUT2D eigenvalue weighted by Crippen LogP contribution is 2.34. The third kappa shape index (κ3) is 4.12. The number of rotatable bonds is 4. The average molecular weight is 381 g/mol. The van der Waals surface area contributed by atoms with Crippen molar-refractivity contribution < 1.29 is 14.3 Å². The molecule has 0 aliphatic carbocycles. The van der Waals surface area contributed by atoms with Gasteiger partial charge >= 0.3 is 6.09 Å². The van der Waals surface area contributed by atoms with Gasteiger partial charge in [-0.25, -0.2) is 9.78 Å². The van der Waals surface area contributed by atoms with Crippen LogP contribution in [0.1, 0.15) is 35.6 Å². The lowest BCUT2D eigenvalue weighted by atomic mass is 10.0. The molecule has 1 aromatic heterocycles. The zero-order valence-corrected chi connectivity index (χ0v) is 16.3. The molecule has 0 N–H and O–H groups in total. The van der Waals surface area contributed by atoms with E-state index in [1.807, 2.05) is 41.4 Å². The first kappa shape index (κ1) is 18.7. The highest BCUT2D eigenvalue weighted by atomic mass is 16.6. The molecule has 6 nitrogen and oxygen atoms in total. The molecule has 0 saturated carbocycles. The van der Waals surface area contributed by atoms with Crippen molar-refractivity contribution in [2.24, 2.45) is 0 Å². The van der Waals surface area contributed by atoms with Crippen LogP contribution in [0.15, 0.2) is 42.6 Å². The van der Waals surface area contributed by atoms with Crippen LogP contribution in [-0.2, 0) is 16.1 Å². The minimum Gasteiger partial charge on any atom is -0.445 e. The molecule has 1 amide bonds. The lowest BCUT2D eigenvalue weighted by molar-refractivity contribution is 0.0920. The second-order valence-corrected chi connectivity index (χ2v) is 7.40. The second kappa shape index (κ2) is 8.61. The lowest BCUT2D eigenvalue weighted by Gasteiger charge is -2.30. The van der Waals surface area contributed by atoms with Gasteiger partial charge in [0.05, 0.1) is 19.3 Å². The van der Waals surface area contributed by atoms with Crippen molar-refractivity contribution in [3.05, 3.63) is 59.3 Å². The van der Waals surface area contributed by atoms with Gasteiger partial charge in [0.15, 0.2) is 0 Å². The number of aryl methyl sites for hydroxylation is 1. The monoisotopic (exact) mass is 381 g/mol. The smallest absolute Gasteiger partial charge is 0.410 e. The van der Waals surface area contributed by atoms with Gasteiger partial charge in [0.25, 0.3) is 0 Å². The fraction of sp³-hybridized carbons (Fsp3) is 0.455. The van der Waals surface area contributed by atoms with Crippen LogP contribution in [0, 0.1) is 6.92 Å². The predicted molar refractivity (Wildman–Crippen MR) is 107 cm³/mol. The van der Waals surface area contributed by atoms with E-state index in [1.165, 1.54) is 0 Å². The van der Waals surface area contributed by atoms with E-state index in [0.717, 1.165) is 68.2 Å². The number of carbonyl (C=O) groups excluding carboxylic acids is 1. The van der Waals surface area contributed by atoms with Crippen molar-refractivity contribution in [3.8, 4) is 0 Å². The van der Waals surface area contributed by atoms with Crippen molar-refractivity contribution in [2.75, 3.05) is 37.7 Å². The number of aromatic nitrogens is 1. The molecule has 1 atom stereocenters. The van der Waals surface area contributed by atoms with Crippen molar-refractivity contribution >= 4 is 11.9 Å². The molecule has 3 heterocycles. The number of anilines is 1. The van der Waals surface area contributed by atoms with E-state index >= 15 is 0 Å². The minimum atomic E-state index is -0.249. The number of benzene rings is 1. The number of nitrogens with zero attached hydrogens (tertiary/aromatic N) is 3. The van der Waals surface area contributed by atoms with Crippen molar-refractivity contribution in [3.63, 3.8) is 0 Å². The largest absolute Gasteiger partial charge is 0.445 e. The third-order valence-corrected chi connectivity index (χ3v) is 5.46. The topological polar surface area (TPSA) is 54.9 Å². The normalized spacial score (nSPS) is 19.7. The second-order valence-electron chi connectivity index (χ2n) is 7.40. The Morgan fingerprint density at radius 2 is 2.00 bits per heavy atom. The molecule has 148 valence electrons. The van der Waals surface area contributed by atoms with Crippen LogP contribution in [0.4, 0.5) is 10.6 Å². The summed E-state index contributed by atoms with van der Waals surface area (Å²) in [5.74, 6) is 1.02. The summed E-state index contributed by atoms with van der Waals surface area (Å²) in [5.41, 5.74) is 3.23. The van der Waals surface area contributed by atoms with E-state index in [1.54, 1.807) is 0 Å². The first-order valence-corrected chi connectivity index (χ1v) is 9.99. The minimum absolute atomic E-state index is 0.0354. The van der Waals surface area contributed by atoms with E-state index in [-0.39, 0.29) is 12.1 Å². The first-order valence-electron chi connectivity index (χ1n) is 9.99. The molecule has 0 bridgehead atoms. The molecule has 1 aromatic carbocycles. The fourth-order valence-corrected chi connectivity index (χ4v) is 4.01. The number of pyridine rings is 1. The molecule has 0 radical (unpaired) electrons. The van der Waals surface area contributed by atoms with Crippen LogP contribution in [0.5, 0.6) is 0 Å². The maximum atomic E-state index is 12.7. The zero-order valence-electron chi connectivity index (χ0n) is 16.3. The van der Waals surface area contributed by atoms with Crippen LogP contribution in [0.3, 0.4) is 0 Å². The van der Waals surface area contributed by atoms with Gasteiger partial charge < -0.3 is 19.3 Å². The SMILES string of the molecule is Cc1cc([C@H]2CCCN2C(=O)OCc2ccccc2)cnc1N1CCOCC1. The Morgan fingerprint density at radius 3 is 2.75 bits per heavy atom. The van der Waals surface area contributed by atoms with Crippen LogP contribution in [0.25, 0.3) is 0 Å². The molecule has 2 aromatic rings. The molecule has 2 saturated heterocycles. The van der Waals surface area contributed by atoms with Crippen molar-refractivity contribution in [2.45, 2.75) is 32.4 Å². The molecule has 28 heavy (non-hydrogen) atoms. The van der Waals surface area contributed by atoms with E-state index in [0.29, 0.717) is 6.61 Å². The molecule has 0 spiro atoms. The van der Waals surface area contributed by atoms with Gasteiger partial charge in [-0.05, 0) is 42.5 Å². The Labute approximate surface area is 166 Å². The van der Waals surface area contributed by atoms with Gasteiger partial charge in [0, 0.05) is 25.8 Å². The highest BCUT2D eigenvalue weighted by molar-refractivity contribution is 5.69. The maximum absolute atomic E-state index is 12.7. The predicted octanol–water partition coefficient (Wildman–Crippen LogP) is 3.70. The number of carbonyl (C=O) groups is 1. The Morgan fingerprint density at radius 1 is 1.21 bits per heavy atom. The number of likely N-dealkylation sites (tertiary alicyclic amines) is 1. The molecule has 0 unspecified atom stereocenters. The quantitative estimate of drug-likeness (QED) is 0.808. The third-order valence-electron chi connectivity index (χ3n) is 5.46. The Hall–Kier alpha value is -2.60. The molecule has 2 aliphatic rings. The van der Waals surface area contributed by atoms with E-state index in [9.17, 15) is 4.79 Å². The summed E-state index contributed by atoms with van der Waals surface area (Å²) in [6.07, 6.45) is 3.60. The average Bonchev–Trinajstić information content (AvgIpc) is 3.23. The Balaban J connectivity index is 1.43. The standard InChI is InChI=1S/C22H27N3O3/c1-17-14-19(15-23-21(17)24-10-12-27-13-11-24)20-8-5-9-25(20)22(26)28-16-18-6-3-2-4-7-18/h2-4,6-7,14-15,20H,5,8-13,16H2,1H3/t20-/m1/s1. The van der Waals surface area contributed by atoms with Gasteiger partial charge in [0.1, 0.15) is 12.4 Å². The molecular weight excluding hydrogens is 354 g/mol. The molecule has 4 rings (SSSR count). The van der Waals surface area contributed by atoms with Crippen LogP contribution in [0.2, 0.25) is 0 Å². The maximum Gasteiger partial charge on any atom is 0.410 e. The van der Waals surface area contributed by atoms with Gasteiger partial charge in [0.2, 0.25) is 0 Å². The van der Waals surface area contributed by atoms with Crippen molar-refractivity contribution in [1.82, 2.24) is 9.88 Å². The summed E-state index contributed by atoms with van der Waals surface area (Å²) in [6, 6.07) is 12.0. The number of morpholine rings is 1. The number of ether oxygens (including phenoxy) is 2. The van der Waals surface area contributed by atoms with E-state index < -0.39 is 0 Å². The van der Waals surface area contributed by atoms with Gasteiger partial charge in [-0.15, -0.1) is 0 Å². The molecule has 6 heteroatoms. The molecular formula is C22H27N3O3. The molecule has 2 fully saturated rings. The number of hydrogen-bond acceptors (Lipinski definition) is 5. The van der Waals surface area contributed by atoms with Crippen LogP contribution in [-0.4, -0.2) is 48.8 Å². The van der Waals surface area contributed by atoms with E-state index in [4.69, 9.17) is 14.5 Å². The first-order chi connectivity index (χ1) is 13.7. The Bertz CT molecular complexity index is 806. The number of amides is 1. The summed E-state index contributed by atoms with van der Waals surface area (Å²) in [5, 5.41) is 0. The van der Waals surface area contributed by atoms with Crippen LogP contribution >= 0.6 is 0 Å². The lowest BCUT2D eigenvalue weighted by Crippen LogP contribution is -2.37. The summed E-state index contributed by atoms with van der Waals surface area (Å²) in [6.45, 7) is 6.34. The van der Waals surface area contributed by atoms with Gasteiger partial charge in [-0.3, -0.25) is 0 Å². The van der Waals surface area contributed by atoms with Crippen LogP contribution < -0.4 is 4.90 Å². The summed E-state index contributed by atoms with van der Waals surface area (Å²) >= 11 is 0. The Kier molecular flexibility index (Phi) is 5.76. The number of hydrogen-bond donors (Lipinski definition) is 0. The zero-order chi connectivity index (χ0) is 19.3. The van der Waals surface area contributed by atoms with Gasteiger partial charge in [-0.2, -0.15) is 0 Å². The summed E-state index contributed by atoms with van der Waals surface area (Å²) in [4.78, 5) is 21.5.